The maximum Gasteiger partial charge on any atom is 0.325 e. The van der Waals surface area contributed by atoms with E-state index in [1.807, 2.05) is 23.1 Å². The second kappa shape index (κ2) is 7.52. The normalized spacial score (nSPS) is 19.9. The SMILES string of the molecule is O=C(O)Cn1nccc1[C@H]1CCCN(C(=O)CN2Cc3ccccc3C2)C1. The second-order valence-electron chi connectivity index (χ2n) is 7.40. The van der Waals surface area contributed by atoms with E-state index in [0.717, 1.165) is 38.2 Å². The number of rotatable bonds is 5. The molecule has 0 unspecified atom stereocenters. The zero-order valence-electron chi connectivity index (χ0n) is 15.3. The molecule has 0 spiro atoms. The van der Waals surface area contributed by atoms with Crippen LogP contribution in [0.1, 0.15) is 35.6 Å². The molecule has 1 aromatic carbocycles. The molecule has 2 aliphatic rings. The van der Waals surface area contributed by atoms with Gasteiger partial charge in [0.1, 0.15) is 6.54 Å². The van der Waals surface area contributed by atoms with E-state index in [1.54, 1.807) is 6.20 Å². The summed E-state index contributed by atoms with van der Waals surface area (Å²) in [6.45, 7) is 3.33. The topological polar surface area (TPSA) is 78.7 Å². The number of aromatic nitrogens is 2. The van der Waals surface area contributed by atoms with Crippen LogP contribution in [0.5, 0.6) is 0 Å². The van der Waals surface area contributed by atoms with Crippen LogP contribution in [0.25, 0.3) is 0 Å². The zero-order valence-corrected chi connectivity index (χ0v) is 15.3. The summed E-state index contributed by atoms with van der Waals surface area (Å²) in [5, 5.41) is 13.2. The van der Waals surface area contributed by atoms with Crippen LogP contribution in [-0.2, 0) is 29.2 Å². The maximum absolute atomic E-state index is 12.9. The lowest BCUT2D eigenvalue weighted by atomic mass is 9.94. The number of likely N-dealkylation sites (tertiary alicyclic amines) is 1. The molecule has 2 aliphatic heterocycles. The van der Waals surface area contributed by atoms with Crippen LogP contribution in [0.15, 0.2) is 36.5 Å². The van der Waals surface area contributed by atoms with Gasteiger partial charge in [-0.1, -0.05) is 24.3 Å². The quantitative estimate of drug-likeness (QED) is 0.869. The van der Waals surface area contributed by atoms with E-state index in [1.165, 1.54) is 15.8 Å². The highest BCUT2D eigenvalue weighted by Crippen LogP contribution is 2.28. The van der Waals surface area contributed by atoms with Crippen LogP contribution < -0.4 is 0 Å². The number of benzene rings is 1. The number of carboxylic acids is 1. The average molecular weight is 368 g/mol. The molecule has 2 aromatic rings. The number of carbonyl (C=O) groups is 2. The van der Waals surface area contributed by atoms with E-state index in [2.05, 4.69) is 22.1 Å². The lowest BCUT2D eigenvalue weighted by Crippen LogP contribution is -2.44. The Bertz CT molecular complexity index is 822. The van der Waals surface area contributed by atoms with E-state index < -0.39 is 5.97 Å². The van der Waals surface area contributed by atoms with E-state index in [0.29, 0.717) is 13.1 Å². The van der Waals surface area contributed by atoms with E-state index in [-0.39, 0.29) is 18.4 Å². The van der Waals surface area contributed by atoms with Crippen molar-refractivity contribution in [3.05, 3.63) is 53.3 Å². The molecule has 0 aliphatic carbocycles. The number of hydrogen-bond donors (Lipinski definition) is 1. The van der Waals surface area contributed by atoms with Gasteiger partial charge in [-0.25, -0.2) is 0 Å². The highest BCUT2D eigenvalue weighted by atomic mass is 16.4. The van der Waals surface area contributed by atoms with E-state index in [4.69, 9.17) is 5.11 Å². The van der Waals surface area contributed by atoms with Crippen molar-refractivity contribution in [1.82, 2.24) is 19.6 Å². The van der Waals surface area contributed by atoms with Gasteiger partial charge in [-0.15, -0.1) is 0 Å². The summed E-state index contributed by atoms with van der Waals surface area (Å²) in [7, 11) is 0. The van der Waals surface area contributed by atoms with Crippen molar-refractivity contribution in [2.24, 2.45) is 0 Å². The number of carbonyl (C=O) groups excluding carboxylic acids is 1. The Kier molecular flexibility index (Phi) is 4.94. The standard InChI is InChI=1S/C20H24N4O3/c25-19(13-22-10-15-4-1-2-5-16(15)11-22)23-9-3-6-17(12-23)18-7-8-21-24(18)14-20(26)27/h1-2,4-5,7-8,17H,3,6,9-14H2,(H,26,27)/t17-/m0/s1. The fourth-order valence-electron chi connectivity index (χ4n) is 4.20. The Balaban J connectivity index is 1.38. The van der Waals surface area contributed by atoms with Gasteiger partial charge in [0.15, 0.2) is 0 Å². The summed E-state index contributed by atoms with van der Waals surface area (Å²) in [6.07, 6.45) is 3.51. The third kappa shape index (κ3) is 3.88. The summed E-state index contributed by atoms with van der Waals surface area (Å²) in [4.78, 5) is 28.0. The first-order valence-corrected chi connectivity index (χ1v) is 9.40. The molecule has 1 N–H and O–H groups in total. The highest BCUT2D eigenvalue weighted by Gasteiger charge is 2.29. The van der Waals surface area contributed by atoms with Crippen LogP contribution >= 0.6 is 0 Å². The number of piperidine rings is 1. The van der Waals surface area contributed by atoms with Gasteiger partial charge >= 0.3 is 5.97 Å². The Morgan fingerprint density at radius 1 is 1.11 bits per heavy atom. The van der Waals surface area contributed by atoms with Crippen LogP contribution in [-0.4, -0.2) is 56.2 Å². The van der Waals surface area contributed by atoms with Crippen molar-refractivity contribution in [1.29, 1.82) is 0 Å². The summed E-state index contributed by atoms with van der Waals surface area (Å²) >= 11 is 0. The van der Waals surface area contributed by atoms with Gasteiger partial charge in [0, 0.05) is 44.0 Å². The summed E-state index contributed by atoms with van der Waals surface area (Å²) < 4.78 is 1.54. The monoisotopic (exact) mass is 368 g/mol. The largest absolute Gasteiger partial charge is 0.480 e. The maximum atomic E-state index is 12.9. The highest BCUT2D eigenvalue weighted by molar-refractivity contribution is 5.78. The van der Waals surface area contributed by atoms with Crippen LogP contribution in [0.4, 0.5) is 0 Å². The molecule has 7 heteroatoms. The van der Waals surface area contributed by atoms with E-state index in [9.17, 15) is 9.59 Å². The van der Waals surface area contributed by atoms with Gasteiger partial charge < -0.3 is 10.0 Å². The Hall–Kier alpha value is -2.67. The number of hydrogen-bond acceptors (Lipinski definition) is 4. The number of carboxylic acid groups (broad SMARTS) is 1. The molecule has 1 fully saturated rings. The molecule has 1 aromatic heterocycles. The van der Waals surface area contributed by atoms with Crippen molar-refractivity contribution in [3.8, 4) is 0 Å². The Morgan fingerprint density at radius 3 is 2.56 bits per heavy atom. The van der Waals surface area contributed by atoms with Gasteiger partial charge in [0.2, 0.25) is 5.91 Å². The van der Waals surface area contributed by atoms with Crippen molar-refractivity contribution in [2.75, 3.05) is 19.6 Å². The first-order valence-electron chi connectivity index (χ1n) is 9.40. The van der Waals surface area contributed by atoms with Crippen LogP contribution in [0, 0.1) is 0 Å². The number of amides is 1. The average Bonchev–Trinajstić information content (AvgIpc) is 3.27. The third-order valence-corrected chi connectivity index (χ3v) is 5.49. The summed E-state index contributed by atoms with van der Waals surface area (Å²) in [6, 6.07) is 10.2. The fourth-order valence-corrected chi connectivity index (χ4v) is 4.20. The van der Waals surface area contributed by atoms with Gasteiger partial charge in [-0.2, -0.15) is 5.10 Å². The smallest absolute Gasteiger partial charge is 0.325 e. The van der Waals surface area contributed by atoms with Crippen molar-refractivity contribution >= 4 is 11.9 Å². The predicted molar refractivity (Wildman–Crippen MR) is 99.0 cm³/mol. The number of aliphatic carboxylic acids is 1. The van der Waals surface area contributed by atoms with Gasteiger partial charge in [-0.3, -0.25) is 19.2 Å². The Labute approximate surface area is 158 Å². The van der Waals surface area contributed by atoms with Crippen LogP contribution in [0.3, 0.4) is 0 Å². The first-order chi connectivity index (χ1) is 13.1. The molecule has 3 heterocycles. The lowest BCUT2D eigenvalue weighted by Gasteiger charge is -2.34. The van der Waals surface area contributed by atoms with E-state index >= 15 is 0 Å². The molecular weight excluding hydrogens is 344 g/mol. The molecule has 0 radical (unpaired) electrons. The Morgan fingerprint density at radius 2 is 1.85 bits per heavy atom. The molecule has 1 saturated heterocycles. The summed E-state index contributed by atoms with van der Waals surface area (Å²) in [5.41, 5.74) is 3.52. The van der Waals surface area contributed by atoms with Crippen molar-refractivity contribution in [3.63, 3.8) is 0 Å². The predicted octanol–water partition coefficient (Wildman–Crippen LogP) is 1.69. The molecule has 1 amide bonds. The number of nitrogens with zero attached hydrogens (tertiary/aromatic N) is 4. The minimum Gasteiger partial charge on any atom is -0.480 e. The van der Waals surface area contributed by atoms with Crippen molar-refractivity contribution in [2.45, 2.75) is 38.4 Å². The minimum atomic E-state index is -0.905. The molecule has 142 valence electrons. The third-order valence-electron chi connectivity index (χ3n) is 5.49. The second-order valence-corrected chi connectivity index (χ2v) is 7.40. The van der Waals surface area contributed by atoms with Gasteiger partial charge in [-0.05, 0) is 30.0 Å². The summed E-state index contributed by atoms with van der Waals surface area (Å²) in [5.74, 6) is -0.616. The lowest BCUT2D eigenvalue weighted by molar-refractivity contribution is -0.138. The number of fused-ring (bicyclic) bond motifs is 1. The van der Waals surface area contributed by atoms with Crippen molar-refractivity contribution < 1.29 is 14.7 Å². The fraction of sp³-hybridized carbons (Fsp3) is 0.450. The first kappa shape index (κ1) is 17.7. The minimum absolute atomic E-state index is 0.139. The molecule has 27 heavy (non-hydrogen) atoms. The molecule has 1 atom stereocenters. The van der Waals surface area contributed by atoms with Gasteiger partial charge in [0.25, 0.3) is 0 Å². The molecule has 4 rings (SSSR count). The molecular formula is C20H24N4O3. The molecule has 0 saturated carbocycles. The van der Waals surface area contributed by atoms with Crippen LogP contribution in [0.2, 0.25) is 0 Å². The molecule has 0 bridgehead atoms. The molecule has 7 nitrogen and oxygen atoms in total. The zero-order chi connectivity index (χ0) is 18.8. The van der Waals surface area contributed by atoms with Gasteiger partial charge in [0.05, 0.1) is 6.54 Å².